The van der Waals surface area contributed by atoms with Crippen molar-refractivity contribution < 1.29 is 15.0 Å². The quantitative estimate of drug-likeness (QED) is 0.0386. The number of aryl methyl sites for hydroxylation is 7. The summed E-state index contributed by atoms with van der Waals surface area (Å²) >= 11 is 10.2. The molecule has 0 radical (unpaired) electrons. The molecule has 38 heteroatoms. The first-order valence-electron chi connectivity index (χ1n) is 45.8. The van der Waals surface area contributed by atoms with E-state index in [0.29, 0.717) is 171 Å². The van der Waals surface area contributed by atoms with Crippen molar-refractivity contribution >= 4 is 173 Å². The molecule has 0 aliphatic rings. The Bertz CT molecular complexity index is 9470. The molecule has 35 nitrogen and oxygen atoms in total. The average molecular weight is 2080 g/mol. The third-order valence-corrected chi connectivity index (χ3v) is 27.6. The predicted octanol–water partition coefficient (Wildman–Crippen LogP) is 17.5. The van der Waals surface area contributed by atoms with Gasteiger partial charge in [0.25, 0.3) is 22.2 Å². The Morgan fingerprint density at radius 3 is 1.01 bits per heavy atom. The molecule has 0 saturated heterocycles. The Hall–Kier alpha value is -18.4. The third kappa shape index (κ3) is 17.2. The van der Waals surface area contributed by atoms with Crippen LogP contribution in [0.15, 0.2) is 287 Å². The highest BCUT2D eigenvalue weighted by Crippen LogP contribution is 2.41. The first kappa shape index (κ1) is 93.9. The maximum Gasteiger partial charge on any atom is 0.266 e. The van der Waals surface area contributed by atoms with Crippen molar-refractivity contribution in [2.75, 3.05) is 22.9 Å². The molecule has 0 bridgehead atoms. The van der Waals surface area contributed by atoms with Gasteiger partial charge in [-0.25, -0.2) is 78.5 Å². The number of aromatic nitrogens is 24. The van der Waals surface area contributed by atoms with Crippen LogP contribution in [-0.2, 0) is 26.2 Å². The number of para-hydroxylation sites is 4. The van der Waals surface area contributed by atoms with Crippen molar-refractivity contribution in [2.45, 2.75) is 74.6 Å². The Balaban J connectivity index is 0.000000115. The fourth-order valence-electron chi connectivity index (χ4n) is 18.5. The Kier molecular flexibility index (Phi) is 24.8. The van der Waals surface area contributed by atoms with E-state index in [1.165, 1.54) is 29.9 Å². The number of thiophene rings is 1. The lowest BCUT2D eigenvalue weighted by molar-refractivity contribution is 0.112. The smallest absolute Gasteiger partial charge is 0.266 e. The molecule has 24 aromatic rings. The van der Waals surface area contributed by atoms with Gasteiger partial charge in [-0.3, -0.25) is 42.2 Å². The fourth-order valence-corrected chi connectivity index (χ4v) is 20.5. The SMILES string of the molecule is Cc1cccc2nc(Cn3nc(-c4cccc(O)c4)c4c(N)ncnc43)n(-c3ccccc3Cl)c(=O)c12.Cc1ccccc1-n1c(Cn2nc(-c3cc4cc(C=O)ccc4s3)c3c(N)ncnc32)nc2cccc(C)c2c1=O.Cc1ccccc1-n1c(Cn2nc(-c3cccc(O)c3)c3c(N)ncnc32)nc2cccc(C)c2c1=O.Cc1ccccc1-n1c(Cn2nc(I)c3c(N)ncnc32)nc2cccc(C)c2c1=O. The number of phenols is 2. The molecule has 11 aromatic carbocycles. The molecule has 0 saturated carbocycles. The van der Waals surface area contributed by atoms with Crippen LogP contribution < -0.4 is 45.2 Å². The molecule has 0 fully saturated rings. The second-order valence-electron chi connectivity index (χ2n) is 34.8. The minimum atomic E-state index is -0.231. The highest BCUT2D eigenvalue weighted by Gasteiger charge is 2.29. The standard InChI is InChI=1S/C31H23N7O2S.C28H23N7O2.C27H20ClN7O2.C22H18IN7O/c1-17-6-3-4-9-22(17)38-25(35-21-8-5-7-18(2)26(21)31(38)40)14-37-30-27(29(32)33-16-34-30)28(36-37)24-13-20-12-19(15-39)10-11-23(20)41-24;1-16-7-3-4-12-21(16)35-22(32-20-11-5-8-17(2)23(20)28(35)37)14-34-27-24(26(29)30-15-31-27)25(33-34)18-9-6-10-19(36)13-18;1-15-6-4-10-19-22(15)27(37)35(20-11-3-2-9-18(20)28)21(32-19)13-34-26-23(25(29)30-14-31-26)24(33-34)16-7-5-8-17(36)12-16;1-12-6-3-4-9-15(12)30-16(27-14-8-5-7-13(2)17(14)22(30)31)10-29-21-18(19(23)28-29)20(24)25-11-26-21/h3-13,15-16H,14H2,1-2H3,(H2,32,33,34);3-13,15,36H,14H2,1-2H3,(H2,29,30,31);2-12,14,36H,13H2,1H3,(H2,29,30,31);3-9,11H,10H2,1-2H3,(H2,24,25,26). The zero-order valence-corrected chi connectivity index (χ0v) is 82.7. The van der Waals surface area contributed by atoms with Crippen molar-refractivity contribution in [1.29, 1.82) is 0 Å². The molecule has 718 valence electrons. The van der Waals surface area contributed by atoms with E-state index in [9.17, 15) is 34.2 Å². The number of hydrogen-bond acceptors (Lipinski definition) is 28. The molecule has 146 heavy (non-hydrogen) atoms. The van der Waals surface area contributed by atoms with E-state index < -0.39 is 0 Å². The lowest BCUT2D eigenvalue weighted by Crippen LogP contribution is -2.26. The predicted molar refractivity (Wildman–Crippen MR) is 576 cm³/mol. The highest BCUT2D eigenvalue weighted by atomic mass is 127. The van der Waals surface area contributed by atoms with Gasteiger partial charge in [-0.05, 0) is 212 Å². The van der Waals surface area contributed by atoms with Crippen LogP contribution in [0.2, 0.25) is 5.02 Å². The molecule has 0 amide bonds. The first-order valence-corrected chi connectivity index (χ1v) is 48.1. The number of nitrogen functional groups attached to an aromatic ring is 4. The van der Waals surface area contributed by atoms with E-state index in [1.54, 1.807) is 104 Å². The topological polar surface area (TPSA) is 476 Å². The minimum absolute atomic E-state index is 0.0924. The molecule has 0 aliphatic carbocycles. The Labute approximate surface area is 850 Å². The second kappa shape index (κ2) is 38.6. The molecule has 24 rings (SSSR count). The van der Waals surface area contributed by atoms with Gasteiger partial charge in [-0.1, -0.05) is 157 Å². The van der Waals surface area contributed by atoms with E-state index >= 15 is 0 Å². The fraction of sp³-hybridized carbons (Fsp3) is 0.102. The lowest BCUT2D eigenvalue weighted by atomic mass is 10.1. The number of fused-ring (bicyclic) bond motifs is 9. The summed E-state index contributed by atoms with van der Waals surface area (Å²) in [6.45, 7) is 14.2. The van der Waals surface area contributed by atoms with Gasteiger partial charge in [-0.2, -0.15) is 20.4 Å². The highest BCUT2D eigenvalue weighted by molar-refractivity contribution is 14.1. The molecular weight excluding hydrogens is 2000 g/mol. The lowest BCUT2D eigenvalue weighted by Gasteiger charge is -2.16. The zero-order valence-electron chi connectivity index (χ0n) is 79.0. The van der Waals surface area contributed by atoms with Crippen molar-refractivity contribution in [3.05, 3.63) is 386 Å². The van der Waals surface area contributed by atoms with Gasteiger partial charge in [0.1, 0.15) is 137 Å². The summed E-state index contributed by atoms with van der Waals surface area (Å²) in [6.07, 6.45) is 6.40. The number of benzene rings is 11. The molecule has 10 N–H and O–H groups in total. The van der Waals surface area contributed by atoms with Gasteiger partial charge in [0, 0.05) is 21.4 Å². The van der Waals surface area contributed by atoms with Gasteiger partial charge in [0.05, 0.1) is 97.8 Å². The van der Waals surface area contributed by atoms with Crippen LogP contribution in [0, 0.1) is 52.2 Å². The number of carbonyl (C=O) groups is 1. The zero-order chi connectivity index (χ0) is 101. The third-order valence-electron chi connectivity index (χ3n) is 25.4. The van der Waals surface area contributed by atoms with Gasteiger partial charge in [0.2, 0.25) is 0 Å². The molecule has 13 aromatic heterocycles. The minimum Gasteiger partial charge on any atom is -0.508 e. The number of nitrogens with zero attached hydrogens (tertiary/aromatic N) is 24. The molecule has 13 heterocycles. The number of aldehydes is 1. The van der Waals surface area contributed by atoms with Crippen LogP contribution in [0.1, 0.15) is 72.6 Å². The van der Waals surface area contributed by atoms with Crippen LogP contribution >= 0.6 is 45.5 Å². The summed E-state index contributed by atoms with van der Waals surface area (Å²) in [4.78, 5) is 122. The first-order chi connectivity index (χ1) is 70.7. The maximum absolute atomic E-state index is 14.0. The number of hydrogen-bond donors (Lipinski definition) is 6. The van der Waals surface area contributed by atoms with E-state index in [4.69, 9.17) is 69.8 Å². The van der Waals surface area contributed by atoms with Crippen LogP contribution in [0.25, 0.3) is 154 Å². The summed E-state index contributed by atoms with van der Waals surface area (Å²) in [5, 5.41) is 45.3. The normalized spacial score (nSPS) is 11.5. The van der Waals surface area contributed by atoms with Gasteiger partial charge >= 0.3 is 0 Å². The number of phenolic OH excluding ortho intramolecular Hbond substituents is 2. The summed E-state index contributed by atoms with van der Waals surface area (Å²) in [5.74, 6) is 3.40. The van der Waals surface area contributed by atoms with Crippen molar-refractivity contribution in [3.63, 3.8) is 0 Å². The summed E-state index contributed by atoms with van der Waals surface area (Å²) < 4.78 is 15.0. The molecule has 0 aliphatic heterocycles. The van der Waals surface area contributed by atoms with Crippen LogP contribution in [0.5, 0.6) is 11.5 Å². The molecule has 0 atom stereocenters. The van der Waals surface area contributed by atoms with Gasteiger partial charge in [-0.15, -0.1) is 11.3 Å². The Morgan fingerprint density at radius 1 is 0.336 bits per heavy atom. The van der Waals surface area contributed by atoms with E-state index in [0.717, 1.165) is 77.3 Å². The Morgan fingerprint density at radius 2 is 0.651 bits per heavy atom. The number of rotatable bonds is 16. The number of aromatic hydroxyl groups is 2. The van der Waals surface area contributed by atoms with Crippen molar-refractivity contribution in [3.8, 4) is 67.3 Å². The molecule has 0 unspecified atom stereocenters. The monoisotopic (exact) mass is 2080 g/mol. The largest absolute Gasteiger partial charge is 0.508 e. The molecular formula is C108H84ClIN28O7S. The number of halogens is 2. The van der Waals surface area contributed by atoms with Gasteiger partial charge < -0.3 is 33.1 Å². The van der Waals surface area contributed by atoms with Gasteiger partial charge in [0.15, 0.2) is 22.6 Å². The van der Waals surface area contributed by atoms with E-state index in [1.807, 2.05) is 230 Å². The van der Waals surface area contributed by atoms with E-state index in [-0.39, 0.29) is 71.6 Å². The van der Waals surface area contributed by atoms with Crippen LogP contribution in [0.3, 0.4) is 0 Å². The summed E-state index contributed by atoms with van der Waals surface area (Å²) in [6, 6.07) is 74.0. The average Bonchev–Trinajstić information content (AvgIpc) is 1.44. The van der Waals surface area contributed by atoms with E-state index in [2.05, 4.69) is 67.6 Å². The second-order valence-corrected chi connectivity index (χ2v) is 37.3. The number of nitrogens with two attached hydrogens (primary N) is 4. The summed E-state index contributed by atoms with van der Waals surface area (Å²) in [5.41, 5.74) is 41.6. The van der Waals surface area contributed by atoms with Crippen molar-refractivity contribution in [1.82, 2.24) is 117 Å². The van der Waals surface area contributed by atoms with Crippen LogP contribution in [0.4, 0.5) is 23.3 Å². The molecule has 0 spiro atoms. The van der Waals surface area contributed by atoms with Crippen LogP contribution in [-0.4, -0.2) is 134 Å². The number of carbonyl (C=O) groups excluding carboxylic acids is 1. The maximum atomic E-state index is 14.0. The van der Waals surface area contributed by atoms with Crippen molar-refractivity contribution in [2.24, 2.45) is 0 Å². The summed E-state index contributed by atoms with van der Waals surface area (Å²) in [7, 11) is 0. The number of anilines is 4.